The Kier molecular flexibility index (Phi) is 4.16. The van der Waals surface area contributed by atoms with Crippen LogP contribution in [0.4, 0.5) is 0 Å². The highest BCUT2D eigenvalue weighted by Crippen LogP contribution is 2.26. The van der Waals surface area contributed by atoms with E-state index in [1.807, 2.05) is 29.1 Å². The van der Waals surface area contributed by atoms with Crippen molar-refractivity contribution >= 4 is 23.1 Å². The molecule has 17 heavy (non-hydrogen) atoms. The standard InChI is InChI=1S/C10H13N3O2S2/c1-13-9(8-3-2-4-16-8)11-12-10(13)17-6-7(15)5-14/h2-4,7,14-15H,5-6H2,1H3. The molecule has 0 aliphatic heterocycles. The van der Waals surface area contributed by atoms with Gasteiger partial charge in [-0.05, 0) is 11.4 Å². The minimum atomic E-state index is -0.720. The summed E-state index contributed by atoms with van der Waals surface area (Å²) in [5.74, 6) is 1.23. The number of hydrogen-bond donors (Lipinski definition) is 2. The maximum atomic E-state index is 9.27. The summed E-state index contributed by atoms with van der Waals surface area (Å²) in [6, 6.07) is 3.96. The van der Waals surface area contributed by atoms with Crippen LogP contribution in [0.5, 0.6) is 0 Å². The van der Waals surface area contributed by atoms with Crippen molar-refractivity contribution in [2.45, 2.75) is 11.3 Å². The van der Waals surface area contributed by atoms with Gasteiger partial charge in [0.15, 0.2) is 11.0 Å². The molecular weight excluding hydrogens is 258 g/mol. The summed E-state index contributed by atoms with van der Waals surface area (Å²) in [5.41, 5.74) is 0. The van der Waals surface area contributed by atoms with Crippen LogP contribution in [0, 0.1) is 0 Å². The van der Waals surface area contributed by atoms with Gasteiger partial charge in [0.2, 0.25) is 0 Å². The summed E-state index contributed by atoms with van der Waals surface area (Å²) in [6.45, 7) is -0.233. The molecule has 0 fully saturated rings. The molecule has 1 atom stereocenters. The van der Waals surface area contributed by atoms with E-state index in [0.29, 0.717) is 5.75 Å². The van der Waals surface area contributed by atoms with Crippen LogP contribution in [0.15, 0.2) is 22.7 Å². The van der Waals surface area contributed by atoms with Crippen molar-refractivity contribution < 1.29 is 10.2 Å². The molecule has 5 nitrogen and oxygen atoms in total. The van der Waals surface area contributed by atoms with E-state index in [4.69, 9.17) is 5.11 Å². The Morgan fingerprint density at radius 1 is 1.53 bits per heavy atom. The summed E-state index contributed by atoms with van der Waals surface area (Å²) in [6.07, 6.45) is -0.720. The zero-order valence-corrected chi connectivity index (χ0v) is 10.9. The lowest BCUT2D eigenvalue weighted by Gasteiger charge is -2.05. The van der Waals surface area contributed by atoms with Crippen molar-refractivity contribution in [3.63, 3.8) is 0 Å². The van der Waals surface area contributed by atoms with Crippen LogP contribution in [-0.2, 0) is 7.05 Å². The first-order valence-electron chi connectivity index (χ1n) is 5.07. The van der Waals surface area contributed by atoms with Gasteiger partial charge in [-0.3, -0.25) is 0 Å². The number of aliphatic hydroxyl groups is 2. The molecular formula is C10H13N3O2S2. The van der Waals surface area contributed by atoms with Gasteiger partial charge in [0.25, 0.3) is 0 Å². The Balaban J connectivity index is 2.11. The Morgan fingerprint density at radius 2 is 2.35 bits per heavy atom. The van der Waals surface area contributed by atoms with Crippen LogP contribution < -0.4 is 0 Å². The van der Waals surface area contributed by atoms with Gasteiger partial charge < -0.3 is 14.8 Å². The molecule has 1 unspecified atom stereocenters. The fourth-order valence-electron chi connectivity index (χ4n) is 1.28. The van der Waals surface area contributed by atoms with Crippen molar-refractivity contribution in [1.82, 2.24) is 14.8 Å². The minimum absolute atomic E-state index is 0.233. The first-order chi connectivity index (χ1) is 8.22. The van der Waals surface area contributed by atoms with Crippen molar-refractivity contribution in [1.29, 1.82) is 0 Å². The number of thioether (sulfide) groups is 1. The molecule has 2 aromatic rings. The predicted octanol–water partition coefficient (Wildman–Crippen LogP) is 0.989. The first kappa shape index (κ1) is 12.6. The van der Waals surface area contributed by atoms with Crippen molar-refractivity contribution in [2.75, 3.05) is 12.4 Å². The van der Waals surface area contributed by atoms with Crippen LogP contribution in [0.1, 0.15) is 0 Å². The molecule has 0 amide bonds. The second-order valence-corrected chi connectivity index (χ2v) is 5.42. The highest BCUT2D eigenvalue weighted by atomic mass is 32.2. The van der Waals surface area contributed by atoms with Crippen molar-refractivity contribution in [2.24, 2.45) is 7.05 Å². The van der Waals surface area contributed by atoms with E-state index in [2.05, 4.69) is 10.2 Å². The molecule has 0 aliphatic rings. The molecule has 7 heteroatoms. The monoisotopic (exact) mass is 271 g/mol. The van der Waals surface area contributed by atoms with Gasteiger partial charge in [-0.25, -0.2) is 0 Å². The van der Waals surface area contributed by atoms with Gasteiger partial charge in [-0.15, -0.1) is 21.5 Å². The Labute approximate surface area is 107 Å². The Hall–Kier alpha value is -0.890. The van der Waals surface area contributed by atoms with Gasteiger partial charge in [-0.1, -0.05) is 17.8 Å². The first-order valence-corrected chi connectivity index (χ1v) is 6.94. The van der Waals surface area contributed by atoms with E-state index in [0.717, 1.165) is 15.9 Å². The molecule has 2 aromatic heterocycles. The minimum Gasteiger partial charge on any atom is -0.394 e. The number of aliphatic hydroxyl groups excluding tert-OH is 2. The molecule has 2 N–H and O–H groups in total. The zero-order chi connectivity index (χ0) is 12.3. The molecule has 0 spiro atoms. The van der Waals surface area contributed by atoms with Gasteiger partial charge in [0.05, 0.1) is 17.6 Å². The van der Waals surface area contributed by atoms with Crippen LogP contribution in [0.3, 0.4) is 0 Å². The highest BCUT2D eigenvalue weighted by Gasteiger charge is 2.13. The average Bonchev–Trinajstić information content (AvgIpc) is 2.95. The average molecular weight is 271 g/mol. The lowest BCUT2D eigenvalue weighted by molar-refractivity contribution is 0.113. The molecule has 2 heterocycles. The maximum absolute atomic E-state index is 9.27. The number of nitrogens with zero attached hydrogens (tertiary/aromatic N) is 3. The summed E-state index contributed by atoms with van der Waals surface area (Å²) in [5, 5.41) is 28.9. The quantitative estimate of drug-likeness (QED) is 0.794. The number of hydrogen-bond acceptors (Lipinski definition) is 6. The van der Waals surface area contributed by atoms with Crippen molar-refractivity contribution in [3.8, 4) is 10.7 Å². The largest absolute Gasteiger partial charge is 0.394 e. The van der Waals surface area contributed by atoms with Crippen LogP contribution in [-0.4, -0.2) is 43.4 Å². The molecule has 0 bridgehead atoms. The van der Waals surface area contributed by atoms with Crippen LogP contribution in [0.2, 0.25) is 0 Å². The number of aromatic nitrogens is 3. The molecule has 0 aliphatic carbocycles. The topological polar surface area (TPSA) is 71.2 Å². The van der Waals surface area contributed by atoms with Gasteiger partial charge in [-0.2, -0.15) is 0 Å². The summed E-state index contributed by atoms with van der Waals surface area (Å²) in [7, 11) is 1.89. The van der Waals surface area contributed by atoms with Gasteiger partial charge in [0.1, 0.15) is 0 Å². The van der Waals surface area contributed by atoms with E-state index >= 15 is 0 Å². The smallest absolute Gasteiger partial charge is 0.191 e. The van der Waals surface area contributed by atoms with Gasteiger partial charge >= 0.3 is 0 Å². The number of thiophene rings is 1. The van der Waals surface area contributed by atoms with Gasteiger partial charge in [0, 0.05) is 12.8 Å². The second-order valence-electron chi connectivity index (χ2n) is 3.49. The van der Waals surface area contributed by atoms with Crippen LogP contribution in [0.25, 0.3) is 10.7 Å². The van der Waals surface area contributed by atoms with E-state index in [-0.39, 0.29) is 6.61 Å². The zero-order valence-electron chi connectivity index (χ0n) is 9.28. The fraction of sp³-hybridized carbons (Fsp3) is 0.400. The maximum Gasteiger partial charge on any atom is 0.191 e. The summed E-state index contributed by atoms with van der Waals surface area (Å²) in [4.78, 5) is 1.06. The molecule has 0 saturated carbocycles. The highest BCUT2D eigenvalue weighted by molar-refractivity contribution is 7.99. The number of rotatable bonds is 5. The molecule has 2 rings (SSSR count). The molecule has 0 radical (unpaired) electrons. The normalized spacial score (nSPS) is 12.9. The molecule has 0 aromatic carbocycles. The van der Waals surface area contributed by atoms with Crippen LogP contribution >= 0.6 is 23.1 Å². The molecule has 92 valence electrons. The predicted molar refractivity (Wildman–Crippen MR) is 68.1 cm³/mol. The Morgan fingerprint density at radius 3 is 3.00 bits per heavy atom. The third kappa shape index (κ3) is 2.86. The lowest BCUT2D eigenvalue weighted by Crippen LogP contribution is -2.15. The second kappa shape index (κ2) is 5.63. The Bertz CT molecular complexity index is 470. The third-order valence-electron chi connectivity index (χ3n) is 2.19. The molecule has 0 saturated heterocycles. The third-order valence-corrected chi connectivity index (χ3v) is 4.22. The van der Waals surface area contributed by atoms with E-state index in [1.54, 1.807) is 11.3 Å². The summed E-state index contributed by atoms with van der Waals surface area (Å²) >= 11 is 2.99. The summed E-state index contributed by atoms with van der Waals surface area (Å²) < 4.78 is 1.89. The van der Waals surface area contributed by atoms with E-state index < -0.39 is 6.10 Å². The van der Waals surface area contributed by atoms with E-state index in [9.17, 15) is 5.11 Å². The SMILES string of the molecule is Cn1c(SCC(O)CO)nnc1-c1cccs1. The fourth-order valence-corrected chi connectivity index (χ4v) is 2.85. The van der Waals surface area contributed by atoms with Crippen molar-refractivity contribution in [3.05, 3.63) is 17.5 Å². The van der Waals surface area contributed by atoms with E-state index in [1.165, 1.54) is 11.8 Å². The lowest BCUT2D eigenvalue weighted by atomic mass is 10.4.